The Morgan fingerprint density at radius 1 is 1.33 bits per heavy atom. The number of nitriles is 1. The van der Waals surface area contributed by atoms with E-state index in [1.165, 1.54) is 26.4 Å². The Balaban J connectivity index is 4.67. The maximum Gasteiger partial charge on any atom is 0.348 e. The number of unbranched alkanes of at least 4 members (excludes halogenated alkanes) is 3. The van der Waals surface area contributed by atoms with E-state index in [-0.39, 0.29) is 11.0 Å². The van der Waals surface area contributed by atoms with Crippen LogP contribution in [0, 0.1) is 16.7 Å². The van der Waals surface area contributed by atoms with Crippen molar-refractivity contribution in [2.45, 2.75) is 59.3 Å². The lowest BCUT2D eigenvalue weighted by Gasteiger charge is -2.24. The van der Waals surface area contributed by atoms with Crippen LogP contribution in [-0.4, -0.2) is 13.1 Å². The van der Waals surface area contributed by atoms with Crippen molar-refractivity contribution in [1.29, 1.82) is 5.26 Å². The largest absolute Gasteiger partial charge is 0.465 e. The SMILES string of the molecule is CCCCCCC(C)(/C=C(\C#N)C(=O)OC)CC. The molecule has 0 aromatic carbocycles. The van der Waals surface area contributed by atoms with E-state index in [2.05, 4.69) is 25.5 Å². The van der Waals surface area contributed by atoms with Crippen LogP contribution in [0.4, 0.5) is 0 Å². The number of hydrogen-bond donors (Lipinski definition) is 0. The molecule has 0 amide bonds. The van der Waals surface area contributed by atoms with Crippen molar-refractivity contribution in [3.8, 4) is 6.07 Å². The van der Waals surface area contributed by atoms with Gasteiger partial charge in [0, 0.05) is 0 Å². The third-order valence-electron chi connectivity index (χ3n) is 3.43. The van der Waals surface area contributed by atoms with Crippen molar-refractivity contribution in [3.05, 3.63) is 11.6 Å². The zero-order chi connectivity index (χ0) is 14.0. The number of hydrogen-bond acceptors (Lipinski definition) is 3. The molecule has 0 fully saturated rings. The lowest BCUT2D eigenvalue weighted by atomic mass is 9.80. The van der Waals surface area contributed by atoms with Gasteiger partial charge in [-0.3, -0.25) is 0 Å². The van der Waals surface area contributed by atoms with Gasteiger partial charge in [0.2, 0.25) is 0 Å². The summed E-state index contributed by atoms with van der Waals surface area (Å²) in [5, 5.41) is 8.98. The minimum Gasteiger partial charge on any atom is -0.465 e. The molecule has 1 atom stereocenters. The van der Waals surface area contributed by atoms with Crippen molar-refractivity contribution in [3.63, 3.8) is 0 Å². The fourth-order valence-electron chi connectivity index (χ4n) is 1.90. The van der Waals surface area contributed by atoms with Gasteiger partial charge >= 0.3 is 5.97 Å². The van der Waals surface area contributed by atoms with Crippen molar-refractivity contribution >= 4 is 5.97 Å². The highest BCUT2D eigenvalue weighted by atomic mass is 16.5. The lowest BCUT2D eigenvalue weighted by Crippen LogP contribution is -2.15. The Morgan fingerprint density at radius 3 is 2.44 bits per heavy atom. The van der Waals surface area contributed by atoms with Crippen molar-refractivity contribution < 1.29 is 9.53 Å². The zero-order valence-corrected chi connectivity index (χ0v) is 12.1. The summed E-state index contributed by atoms with van der Waals surface area (Å²) in [7, 11) is 1.30. The van der Waals surface area contributed by atoms with Crippen molar-refractivity contribution in [2.24, 2.45) is 5.41 Å². The number of rotatable bonds is 8. The van der Waals surface area contributed by atoms with E-state index in [1.807, 2.05) is 6.07 Å². The van der Waals surface area contributed by atoms with Gasteiger partial charge in [-0.05, 0) is 18.3 Å². The zero-order valence-electron chi connectivity index (χ0n) is 12.1. The molecule has 0 aliphatic carbocycles. The Labute approximate surface area is 111 Å². The van der Waals surface area contributed by atoms with E-state index < -0.39 is 5.97 Å². The first-order valence-electron chi connectivity index (χ1n) is 6.74. The molecule has 0 saturated carbocycles. The van der Waals surface area contributed by atoms with Crippen LogP contribution < -0.4 is 0 Å². The van der Waals surface area contributed by atoms with Crippen molar-refractivity contribution in [1.82, 2.24) is 0 Å². The van der Waals surface area contributed by atoms with Crippen LogP contribution in [-0.2, 0) is 9.53 Å². The molecule has 0 saturated heterocycles. The first-order valence-corrected chi connectivity index (χ1v) is 6.74. The van der Waals surface area contributed by atoms with Gasteiger partial charge in [-0.2, -0.15) is 5.26 Å². The summed E-state index contributed by atoms with van der Waals surface area (Å²) >= 11 is 0. The summed E-state index contributed by atoms with van der Waals surface area (Å²) in [6.07, 6.45) is 8.50. The maximum atomic E-state index is 11.4. The second-order valence-electron chi connectivity index (χ2n) is 4.98. The monoisotopic (exact) mass is 251 g/mol. The van der Waals surface area contributed by atoms with Crippen LogP contribution in [0.25, 0.3) is 0 Å². The van der Waals surface area contributed by atoms with Crippen LogP contribution in [0.2, 0.25) is 0 Å². The molecule has 3 nitrogen and oxygen atoms in total. The van der Waals surface area contributed by atoms with E-state index >= 15 is 0 Å². The molecule has 0 heterocycles. The summed E-state index contributed by atoms with van der Waals surface area (Å²) in [4.78, 5) is 11.4. The summed E-state index contributed by atoms with van der Waals surface area (Å²) in [6, 6.07) is 1.93. The third kappa shape index (κ3) is 5.86. The van der Waals surface area contributed by atoms with Gasteiger partial charge in [0.15, 0.2) is 0 Å². The Kier molecular flexibility index (Phi) is 8.11. The Hall–Kier alpha value is -1.30. The number of carbonyl (C=O) groups is 1. The van der Waals surface area contributed by atoms with Gasteiger partial charge in [-0.25, -0.2) is 4.79 Å². The highest BCUT2D eigenvalue weighted by molar-refractivity contribution is 5.92. The maximum absolute atomic E-state index is 11.4. The predicted molar refractivity (Wildman–Crippen MR) is 72.9 cm³/mol. The van der Waals surface area contributed by atoms with Crippen LogP contribution in [0.15, 0.2) is 11.6 Å². The smallest absolute Gasteiger partial charge is 0.348 e. The Morgan fingerprint density at radius 2 is 2.00 bits per heavy atom. The number of carbonyl (C=O) groups excluding carboxylic acids is 1. The molecule has 0 spiro atoms. The second-order valence-corrected chi connectivity index (χ2v) is 4.98. The topological polar surface area (TPSA) is 50.1 Å². The summed E-state index contributed by atoms with van der Waals surface area (Å²) < 4.78 is 4.61. The van der Waals surface area contributed by atoms with E-state index in [0.29, 0.717) is 0 Å². The first kappa shape index (κ1) is 16.7. The molecule has 3 heteroatoms. The van der Waals surface area contributed by atoms with Crippen LogP contribution in [0.5, 0.6) is 0 Å². The fraction of sp³-hybridized carbons (Fsp3) is 0.733. The number of ether oxygens (including phenoxy) is 1. The van der Waals surface area contributed by atoms with Crippen molar-refractivity contribution in [2.75, 3.05) is 7.11 Å². The molecule has 0 rings (SSSR count). The average molecular weight is 251 g/mol. The molecule has 0 radical (unpaired) electrons. The van der Waals surface area contributed by atoms with Crippen LogP contribution in [0.3, 0.4) is 0 Å². The van der Waals surface area contributed by atoms with E-state index in [4.69, 9.17) is 5.26 Å². The fourth-order valence-corrected chi connectivity index (χ4v) is 1.90. The Bertz CT molecular complexity index is 328. The predicted octanol–water partition coefficient (Wildman–Crippen LogP) is 4.00. The molecule has 0 aliphatic heterocycles. The summed E-state index contributed by atoms with van der Waals surface area (Å²) in [5.41, 5.74) is 0.0323. The molecular formula is C15H25NO2. The minimum absolute atomic E-state index is 0.0903. The number of methoxy groups -OCH3 is 1. The lowest BCUT2D eigenvalue weighted by molar-refractivity contribution is -0.135. The first-order chi connectivity index (χ1) is 8.52. The number of esters is 1. The van der Waals surface area contributed by atoms with E-state index in [1.54, 1.807) is 6.08 Å². The normalized spacial score (nSPS) is 14.7. The minimum atomic E-state index is -0.536. The van der Waals surface area contributed by atoms with Gasteiger partial charge in [0.25, 0.3) is 0 Å². The van der Waals surface area contributed by atoms with Gasteiger partial charge in [-0.1, -0.05) is 52.5 Å². The molecular weight excluding hydrogens is 226 g/mol. The van der Waals surface area contributed by atoms with E-state index in [0.717, 1.165) is 19.3 Å². The van der Waals surface area contributed by atoms with Crippen LogP contribution >= 0.6 is 0 Å². The third-order valence-corrected chi connectivity index (χ3v) is 3.43. The van der Waals surface area contributed by atoms with Gasteiger partial charge in [0.1, 0.15) is 11.6 Å². The van der Waals surface area contributed by atoms with Gasteiger partial charge in [0.05, 0.1) is 7.11 Å². The molecule has 0 N–H and O–H groups in total. The number of nitrogens with zero attached hydrogens (tertiary/aromatic N) is 1. The molecule has 0 aromatic heterocycles. The van der Waals surface area contributed by atoms with E-state index in [9.17, 15) is 4.79 Å². The molecule has 1 unspecified atom stereocenters. The molecule has 0 aromatic rings. The summed E-state index contributed by atoms with van der Waals surface area (Å²) in [5.74, 6) is -0.536. The number of allylic oxidation sites excluding steroid dienone is 1. The standard InChI is InChI=1S/C15H25NO2/c1-5-7-8-9-10-15(3,6-2)11-13(12-16)14(17)18-4/h11H,5-10H2,1-4H3/b13-11+. The average Bonchev–Trinajstić information content (AvgIpc) is 2.40. The molecule has 0 aliphatic rings. The second kappa shape index (κ2) is 8.74. The van der Waals surface area contributed by atoms with Gasteiger partial charge in [-0.15, -0.1) is 0 Å². The quantitative estimate of drug-likeness (QED) is 0.283. The highest BCUT2D eigenvalue weighted by Gasteiger charge is 2.22. The highest BCUT2D eigenvalue weighted by Crippen LogP contribution is 2.31. The van der Waals surface area contributed by atoms with Gasteiger partial charge < -0.3 is 4.74 Å². The molecule has 18 heavy (non-hydrogen) atoms. The summed E-state index contributed by atoms with van der Waals surface area (Å²) in [6.45, 7) is 6.37. The molecule has 102 valence electrons. The van der Waals surface area contributed by atoms with Crippen LogP contribution in [0.1, 0.15) is 59.3 Å². The molecule has 0 bridgehead atoms.